The maximum atomic E-state index is 13.8. The van der Waals surface area contributed by atoms with Crippen LogP contribution in [0.3, 0.4) is 0 Å². The lowest BCUT2D eigenvalue weighted by atomic mass is 10.00. The molecule has 14 heteroatoms. The van der Waals surface area contributed by atoms with Crippen molar-refractivity contribution in [3.05, 3.63) is 184 Å². The van der Waals surface area contributed by atoms with E-state index in [4.69, 9.17) is 9.47 Å². The van der Waals surface area contributed by atoms with E-state index in [0.29, 0.717) is 45.4 Å². The van der Waals surface area contributed by atoms with Crippen molar-refractivity contribution in [3.63, 3.8) is 0 Å². The zero-order valence-corrected chi connectivity index (χ0v) is 31.7. The molecule has 0 aliphatic carbocycles. The first-order valence-corrected chi connectivity index (χ1v) is 17.7. The lowest BCUT2D eigenvalue weighted by Gasteiger charge is -2.11. The molecule has 0 aliphatic heterocycles. The lowest BCUT2D eigenvalue weighted by Crippen LogP contribution is -2.06. The van der Waals surface area contributed by atoms with Crippen molar-refractivity contribution in [2.45, 2.75) is 0 Å². The number of hydrogen-bond acceptors (Lipinski definition) is 9. The summed E-state index contributed by atoms with van der Waals surface area (Å²) in [6, 6.07) is 28.6. The predicted molar refractivity (Wildman–Crippen MR) is 212 cm³/mol. The molecular weight excluding hydrogens is 806 g/mol. The Bertz CT molecular complexity index is 2540. The van der Waals surface area contributed by atoms with E-state index in [1.165, 1.54) is 38.7 Å². The first kappa shape index (κ1) is 39.8. The Balaban J connectivity index is 0.000000196. The Morgan fingerprint density at radius 2 is 1.11 bits per heavy atom. The Kier molecular flexibility index (Phi) is 12.6. The third-order valence-electron chi connectivity index (χ3n) is 8.25. The summed E-state index contributed by atoms with van der Waals surface area (Å²) in [5.41, 5.74) is 3.14. The Morgan fingerprint density at radius 3 is 1.56 bits per heavy atom. The molecule has 0 spiro atoms. The van der Waals surface area contributed by atoms with Crippen LogP contribution in [-0.2, 0) is 0 Å². The number of aromatic nitrogens is 3. The molecule has 4 aromatic carbocycles. The summed E-state index contributed by atoms with van der Waals surface area (Å²) in [6.45, 7) is 0. The molecule has 7 aromatic rings. The van der Waals surface area contributed by atoms with Crippen LogP contribution in [0.15, 0.2) is 138 Å². The van der Waals surface area contributed by atoms with Crippen molar-refractivity contribution in [1.82, 2.24) is 15.0 Å². The van der Waals surface area contributed by atoms with Crippen molar-refractivity contribution in [1.29, 1.82) is 0 Å². The number of methoxy groups -OCH3 is 2. The van der Waals surface area contributed by atoms with Gasteiger partial charge in [-0.3, -0.25) is 14.6 Å². The number of halogens is 5. The average molecular weight is 837 g/mol. The predicted octanol–water partition coefficient (Wildman–Crippen LogP) is 10.5. The van der Waals surface area contributed by atoms with Crippen LogP contribution in [-0.4, -0.2) is 40.7 Å². The van der Waals surface area contributed by atoms with Gasteiger partial charge in [0.15, 0.2) is 11.6 Å². The zero-order chi connectivity index (χ0) is 40.5. The highest BCUT2D eigenvalue weighted by Crippen LogP contribution is 2.29. The van der Waals surface area contributed by atoms with Crippen LogP contribution in [0.1, 0.15) is 31.8 Å². The van der Waals surface area contributed by atoms with E-state index in [2.05, 4.69) is 41.5 Å². The van der Waals surface area contributed by atoms with Crippen LogP contribution in [0.2, 0.25) is 0 Å². The molecule has 57 heavy (non-hydrogen) atoms. The second-order valence-electron chi connectivity index (χ2n) is 12.0. The maximum absolute atomic E-state index is 13.8. The minimum atomic E-state index is -0.738. The van der Waals surface area contributed by atoms with Crippen molar-refractivity contribution >= 4 is 50.5 Å². The first-order valence-electron chi connectivity index (χ1n) is 16.9. The van der Waals surface area contributed by atoms with Crippen molar-refractivity contribution in [2.75, 3.05) is 24.9 Å². The molecule has 3 heterocycles. The van der Waals surface area contributed by atoms with Gasteiger partial charge in [0.05, 0.1) is 42.4 Å². The summed E-state index contributed by atoms with van der Waals surface area (Å²) in [7, 11) is 2.98. The van der Waals surface area contributed by atoms with Gasteiger partial charge >= 0.3 is 0 Å². The van der Waals surface area contributed by atoms with Gasteiger partial charge in [0.25, 0.3) is 0 Å². The maximum Gasteiger partial charge on any atom is 0.198 e. The molecular formula is C43H30BrF4N5O4. The average Bonchev–Trinajstić information content (AvgIpc) is 3.23. The molecule has 0 amide bonds. The van der Waals surface area contributed by atoms with E-state index < -0.39 is 23.3 Å². The van der Waals surface area contributed by atoms with Gasteiger partial charge in [-0.25, -0.2) is 27.5 Å². The number of ketones is 2. The van der Waals surface area contributed by atoms with Crippen molar-refractivity contribution in [2.24, 2.45) is 0 Å². The van der Waals surface area contributed by atoms with Crippen LogP contribution >= 0.6 is 15.9 Å². The van der Waals surface area contributed by atoms with E-state index in [1.807, 2.05) is 24.3 Å². The summed E-state index contributed by atoms with van der Waals surface area (Å²) in [5, 5.41) is 5.50. The molecule has 0 fully saturated rings. The molecule has 0 aliphatic rings. The Labute approximate surface area is 332 Å². The molecule has 2 N–H and O–H groups in total. The molecule has 3 aromatic heterocycles. The SMILES string of the molecule is COc1ccc(-c2ccccn2)cc1C(=O)c1ccc(Nc2ccc(F)cc2F)nc1.COc1ccc(Br)cc1C(=O)c1ccc(Nc2ccc(F)cc2F)nc1. The number of rotatable bonds is 11. The Hall–Kier alpha value is -6.93. The number of ether oxygens (including phenoxy) is 2. The number of carbonyl (C=O) groups excluding carboxylic acids is 2. The van der Waals surface area contributed by atoms with E-state index in [9.17, 15) is 27.2 Å². The second-order valence-corrected chi connectivity index (χ2v) is 12.9. The van der Waals surface area contributed by atoms with Crippen LogP contribution in [0, 0.1) is 23.3 Å². The van der Waals surface area contributed by atoms with Crippen LogP contribution < -0.4 is 20.1 Å². The van der Waals surface area contributed by atoms with Crippen molar-refractivity contribution < 1.29 is 36.6 Å². The van der Waals surface area contributed by atoms with Gasteiger partial charge in [0.1, 0.15) is 46.4 Å². The molecule has 0 saturated heterocycles. The van der Waals surface area contributed by atoms with Crippen LogP contribution in [0.25, 0.3) is 11.3 Å². The van der Waals surface area contributed by atoms with Gasteiger partial charge in [-0.2, -0.15) is 0 Å². The molecule has 0 radical (unpaired) electrons. The number of benzene rings is 4. The van der Waals surface area contributed by atoms with Gasteiger partial charge in [0.2, 0.25) is 0 Å². The summed E-state index contributed by atoms with van der Waals surface area (Å²) in [6.07, 6.45) is 4.45. The van der Waals surface area contributed by atoms with E-state index >= 15 is 0 Å². The largest absolute Gasteiger partial charge is 0.496 e. The van der Waals surface area contributed by atoms with E-state index in [-0.39, 0.29) is 22.9 Å². The highest BCUT2D eigenvalue weighted by atomic mass is 79.9. The van der Waals surface area contributed by atoms with Crippen LogP contribution in [0.5, 0.6) is 11.5 Å². The number of carbonyl (C=O) groups is 2. The lowest BCUT2D eigenvalue weighted by molar-refractivity contribution is 0.102. The number of pyridine rings is 3. The first-order chi connectivity index (χ1) is 27.5. The van der Waals surface area contributed by atoms with Gasteiger partial charge in [-0.1, -0.05) is 22.0 Å². The van der Waals surface area contributed by atoms with Crippen LogP contribution in [0.4, 0.5) is 40.6 Å². The number of hydrogen-bond donors (Lipinski definition) is 2. The molecule has 0 atom stereocenters. The highest BCUT2D eigenvalue weighted by molar-refractivity contribution is 9.10. The van der Waals surface area contributed by atoms with Crippen molar-refractivity contribution in [3.8, 4) is 22.8 Å². The third-order valence-corrected chi connectivity index (χ3v) is 8.74. The monoisotopic (exact) mass is 835 g/mol. The van der Waals surface area contributed by atoms with E-state index in [0.717, 1.165) is 40.0 Å². The topological polar surface area (TPSA) is 115 Å². The minimum Gasteiger partial charge on any atom is -0.496 e. The second kappa shape index (κ2) is 18.1. The molecule has 0 bridgehead atoms. The fraction of sp³-hybridized carbons (Fsp3) is 0.0465. The summed E-state index contributed by atoms with van der Waals surface area (Å²) in [5.74, 6) is -1.80. The summed E-state index contributed by atoms with van der Waals surface area (Å²) < 4.78 is 64.8. The van der Waals surface area contributed by atoms with Gasteiger partial charge < -0.3 is 20.1 Å². The molecule has 9 nitrogen and oxygen atoms in total. The molecule has 0 unspecified atom stereocenters. The summed E-state index contributed by atoms with van der Waals surface area (Å²) in [4.78, 5) is 38.4. The fourth-order valence-electron chi connectivity index (χ4n) is 5.41. The molecule has 0 saturated carbocycles. The highest BCUT2D eigenvalue weighted by Gasteiger charge is 2.18. The van der Waals surface area contributed by atoms with Gasteiger partial charge in [0, 0.05) is 51.9 Å². The summed E-state index contributed by atoms with van der Waals surface area (Å²) >= 11 is 3.33. The standard InChI is InChI=1S/C24H17F2N3O2.C19H13BrF2N2O2/c1-31-22-9-5-15(20-4-2-3-11-27-20)12-18(22)24(30)16-6-10-23(28-14-16)29-21-8-7-17(25)13-19(21)26;1-26-17-6-3-12(20)8-14(17)19(25)11-2-7-18(23-10-11)24-16-5-4-13(21)9-15(16)22/h2-14H,1H3,(H,28,29);2-10H,1H3,(H,23,24). The smallest absolute Gasteiger partial charge is 0.198 e. The normalized spacial score (nSPS) is 10.5. The molecule has 286 valence electrons. The van der Waals surface area contributed by atoms with E-state index in [1.54, 1.807) is 60.8 Å². The van der Waals surface area contributed by atoms with Gasteiger partial charge in [-0.05, 0) is 97.1 Å². The number of nitrogens with one attached hydrogen (secondary N) is 2. The number of nitrogens with zero attached hydrogens (tertiary/aromatic N) is 3. The third kappa shape index (κ3) is 9.85. The van der Waals surface area contributed by atoms with Gasteiger partial charge in [-0.15, -0.1) is 0 Å². The Morgan fingerprint density at radius 1 is 0.579 bits per heavy atom. The zero-order valence-electron chi connectivity index (χ0n) is 30.1. The number of anilines is 4. The molecule has 7 rings (SSSR count). The fourth-order valence-corrected chi connectivity index (χ4v) is 5.77. The quantitative estimate of drug-likeness (QED) is 0.0971. The minimum absolute atomic E-state index is 0.0812.